The van der Waals surface area contributed by atoms with Crippen molar-refractivity contribution in [2.45, 2.75) is 104 Å². The highest BCUT2D eigenvalue weighted by Crippen LogP contribution is 2.29. The van der Waals surface area contributed by atoms with Gasteiger partial charge in [0.25, 0.3) is 0 Å². The Morgan fingerprint density at radius 3 is 2.29 bits per heavy atom. The first-order chi connectivity index (χ1) is 14.5. The SMILES string of the molecule is CCC(C)C(NC(=O)NC(C)(C)C)C(=O)N1CCN(C(=O)CCC2CCCC2)C(C)C1. The number of nitrogens with zero attached hydrogens (tertiary/aromatic N) is 2. The van der Waals surface area contributed by atoms with Gasteiger partial charge in [0.2, 0.25) is 11.8 Å². The number of rotatable bonds is 7. The van der Waals surface area contributed by atoms with Gasteiger partial charge in [-0.15, -0.1) is 0 Å². The molecule has 0 aromatic rings. The number of amides is 4. The fraction of sp³-hybridized carbons (Fsp3) is 0.875. The van der Waals surface area contributed by atoms with Crippen molar-refractivity contribution in [3.63, 3.8) is 0 Å². The van der Waals surface area contributed by atoms with E-state index in [0.29, 0.717) is 32.0 Å². The van der Waals surface area contributed by atoms with Crippen molar-refractivity contribution in [1.29, 1.82) is 0 Å². The van der Waals surface area contributed by atoms with Gasteiger partial charge in [-0.1, -0.05) is 46.0 Å². The molecule has 1 aliphatic carbocycles. The van der Waals surface area contributed by atoms with E-state index in [0.717, 1.165) is 12.8 Å². The molecule has 7 nitrogen and oxygen atoms in total. The zero-order chi connectivity index (χ0) is 23.2. The molecule has 1 saturated carbocycles. The molecule has 2 aliphatic rings. The van der Waals surface area contributed by atoms with E-state index in [1.807, 2.05) is 51.3 Å². The highest BCUT2D eigenvalue weighted by Gasteiger charge is 2.35. The fourth-order valence-electron chi connectivity index (χ4n) is 4.70. The van der Waals surface area contributed by atoms with Crippen molar-refractivity contribution in [2.24, 2.45) is 11.8 Å². The Labute approximate surface area is 188 Å². The molecule has 1 saturated heterocycles. The van der Waals surface area contributed by atoms with Crippen molar-refractivity contribution in [1.82, 2.24) is 20.4 Å². The quantitative estimate of drug-likeness (QED) is 0.641. The van der Waals surface area contributed by atoms with Crippen LogP contribution in [0.5, 0.6) is 0 Å². The molecule has 178 valence electrons. The molecule has 1 heterocycles. The zero-order valence-corrected chi connectivity index (χ0v) is 20.5. The minimum atomic E-state index is -0.566. The van der Waals surface area contributed by atoms with Gasteiger partial charge in [0, 0.05) is 37.6 Å². The molecule has 7 heteroatoms. The minimum Gasteiger partial charge on any atom is -0.337 e. The normalized spacial score (nSPS) is 22.2. The first kappa shape index (κ1) is 25.5. The number of hydrogen-bond acceptors (Lipinski definition) is 3. The van der Waals surface area contributed by atoms with Crippen molar-refractivity contribution in [3.05, 3.63) is 0 Å². The van der Waals surface area contributed by atoms with Gasteiger partial charge in [-0.25, -0.2) is 4.79 Å². The number of hydrogen-bond donors (Lipinski definition) is 2. The van der Waals surface area contributed by atoms with E-state index >= 15 is 0 Å². The van der Waals surface area contributed by atoms with Crippen LogP contribution in [0.25, 0.3) is 0 Å². The standard InChI is InChI=1S/C24H44N4O3/c1-7-17(2)21(25-23(31)26-24(4,5)6)22(30)27-14-15-28(18(3)16-27)20(29)13-12-19-10-8-9-11-19/h17-19,21H,7-16H2,1-6H3,(H2,25,26,31). The second-order valence-electron chi connectivity index (χ2n) is 10.6. The van der Waals surface area contributed by atoms with Crippen molar-refractivity contribution < 1.29 is 14.4 Å². The Balaban J connectivity index is 1.92. The number of piperazine rings is 1. The monoisotopic (exact) mass is 436 g/mol. The van der Waals surface area contributed by atoms with E-state index in [-0.39, 0.29) is 35.3 Å². The topological polar surface area (TPSA) is 81.8 Å². The lowest BCUT2D eigenvalue weighted by atomic mass is 9.97. The second-order valence-corrected chi connectivity index (χ2v) is 10.6. The summed E-state index contributed by atoms with van der Waals surface area (Å²) in [6.07, 6.45) is 7.53. The van der Waals surface area contributed by atoms with Crippen LogP contribution < -0.4 is 10.6 Å². The van der Waals surface area contributed by atoms with E-state index in [9.17, 15) is 14.4 Å². The Morgan fingerprint density at radius 1 is 1.10 bits per heavy atom. The third-order valence-corrected chi connectivity index (χ3v) is 6.75. The molecule has 2 rings (SSSR count). The summed E-state index contributed by atoms with van der Waals surface area (Å²) >= 11 is 0. The summed E-state index contributed by atoms with van der Waals surface area (Å²) in [5.41, 5.74) is -0.369. The molecule has 0 aromatic carbocycles. The number of urea groups is 1. The van der Waals surface area contributed by atoms with Gasteiger partial charge < -0.3 is 20.4 Å². The second kappa shape index (κ2) is 11.2. The summed E-state index contributed by atoms with van der Waals surface area (Å²) in [4.78, 5) is 42.2. The third kappa shape index (κ3) is 7.69. The predicted molar refractivity (Wildman–Crippen MR) is 124 cm³/mol. The first-order valence-electron chi connectivity index (χ1n) is 12.2. The van der Waals surface area contributed by atoms with E-state index in [1.165, 1.54) is 25.7 Å². The van der Waals surface area contributed by atoms with Gasteiger partial charge in [-0.3, -0.25) is 9.59 Å². The molecule has 2 N–H and O–H groups in total. The van der Waals surface area contributed by atoms with Gasteiger partial charge in [0.15, 0.2) is 0 Å². The van der Waals surface area contributed by atoms with Crippen LogP contribution in [-0.2, 0) is 9.59 Å². The molecular formula is C24H44N4O3. The van der Waals surface area contributed by atoms with Crippen molar-refractivity contribution in [3.8, 4) is 0 Å². The largest absolute Gasteiger partial charge is 0.337 e. The Hall–Kier alpha value is -1.79. The average Bonchev–Trinajstić information content (AvgIpc) is 3.21. The highest BCUT2D eigenvalue weighted by atomic mass is 16.2. The fourth-order valence-corrected chi connectivity index (χ4v) is 4.70. The van der Waals surface area contributed by atoms with E-state index in [1.54, 1.807) is 0 Å². The van der Waals surface area contributed by atoms with E-state index < -0.39 is 6.04 Å². The van der Waals surface area contributed by atoms with Gasteiger partial charge in [0.05, 0.1) is 0 Å². The van der Waals surface area contributed by atoms with Gasteiger partial charge in [-0.05, 0) is 46.0 Å². The van der Waals surface area contributed by atoms with Gasteiger partial charge in [0.1, 0.15) is 6.04 Å². The summed E-state index contributed by atoms with van der Waals surface area (Å²) in [6, 6.07) is -0.890. The molecular weight excluding hydrogens is 392 g/mol. The lowest BCUT2D eigenvalue weighted by Crippen LogP contribution is -2.61. The average molecular weight is 437 g/mol. The van der Waals surface area contributed by atoms with Crippen LogP contribution in [0.4, 0.5) is 4.79 Å². The number of carbonyl (C=O) groups excluding carboxylic acids is 3. The summed E-state index contributed by atoms with van der Waals surface area (Å²) in [5, 5.41) is 5.78. The van der Waals surface area contributed by atoms with Crippen LogP contribution in [0, 0.1) is 11.8 Å². The number of nitrogens with one attached hydrogen (secondary N) is 2. The van der Waals surface area contributed by atoms with Crippen LogP contribution in [0.2, 0.25) is 0 Å². The number of carbonyl (C=O) groups is 3. The van der Waals surface area contributed by atoms with Crippen LogP contribution in [0.15, 0.2) is 0 Å². The maximum absolute atomic E-state index is 13.3. The Bertz CT molecular complexity index is 625. The predicted octanol–water partition coefficient (Wildman–Crippen LogP) is 3.53. The van der Waals surface area contributed by atoms with Crippen molar-refractivity contribution in [2.75, 3.05) is 19.6 Å². The molecule has 3 atom stereocenters. The molecule has 0 bridgehead atoms. The van der Waals surface area contributed by atoms with Gasteiger partial charge >= 0.3 is 6.03 Å². The zero-order valence-electron chi connectivity index (χ0n) is 20.5. The molecule has 1 aliphatic heterocycles. The molecule has 4 amide bonds. The first-order valence-corrected chi connectivity index (χ1v) is 12.2. The van der Waals surface area contributed by atoms with E-state index in [4.69, 9.17) is 0 Å². The van der Waals surface area contributed by atoms with Crippen molar-refractivity contribution >= 4 is 17.8 Å². The Kier molecular flexibility index (Phi) is 9.19. The van der Waals surface area contributed by atoms with Crippen LogP contribution in [-0.4, -0.2) is 64.9 Å². The van der Waals surface area contributed by atoms with Crippen LogP contribution in [0.1, 0.15) is 86.5 Å². The van der Waals surface area contributed by atoms with Crippen LogP contribution in [0.3, 0.4) is 0 Å². The summed E-state index contributed by atoms with van der Waals surface area (Å²) in [7, 11) is 0. The van der Waals surface area contributed by atoms with Gasteiger partial charge in [-0.2, -0.15) is 0 Å². The highest BCUT2D eigenvalue weighted by molar-refractivity contribution is 5.88. The lowest BCUT2D eigenvalue weighted by Gasteiger charge is -2.42. The summed E-state index contributed by atoms with van der Waals surface area (Å²) in [5.74, 6) is 0.902. The van der Waals surface area contributed by atoms with E-state index in [2.05, 4.69) is 10.6 Å². The third-order valence-electron chi connectivity index (χ3n) is 6.75. The minimum absolute atomic E-state index is 0.00485. The molecule has 31 heavy (non-hydrogen) atoms. The molecule has 2 fully saturated rings. The summed E-state index contributed by atoms with van der Waals surface area (Å²) < 4.78 is 0. The Morgan fingerprint density at radius 2 is 1.74 bits per heavy atom. The smallest absolute Gasteiger partial charge is 0.315 e. The maximum atomic E-state index is 13.3. The molecule has 0 spiro atoms. The molecule has 0 aromatic heterocycles. The lowest BCUT2D eigenvalue weighted by molar-refractivity contribution is -0.144. The molecule has 0 radical (unpaired) electrons. The maximum Gasteiger partial charge on any atom is 0.315 e. The molecule has 3 unspecified atom stereocenters. The summed E-state index contributed by atoms with van der Waals surface area (Å²) in [6.45, 7) is 13.4. The van der Waals surface area contributed by atoms with Crippen LogP contribution >= 0.6 is 0 Å².